The number of rotatable bonds is 3. The predicted octanol–water partition coefficient (Wildman–Crippen LogP) is 2.37. The van der Waals surface area contributed by atoms with Crippen molar-refractivity contribution in [3.05, 3.63) is 40.4 Å². The highest BCUT2D eigenvalue weighted by Gasteiger charge is 2.25. The molecule has 5 nitrogen and oxygen atoms in total. The third kappa shape index (κ3) is 3.37. The monoisotopic (exact) mass is 326 g/mol. The van der Waals surface area contributed by atoms with Crippen LogP contribution in [0.25, 0.3) is 10.9 Å². The molecule has 24 heavy (non-hydrogen) atoms. The van der Waals surface area contributed by atoms with Crippen LogP contribution < -0.4 is 5.56 Å². The number of H-pyrrole nitrogens is 1. The fourth-order valence-corrected chi connectivity index (χ4v) is 4.15. The molecule has 4 rings (SSSR count). The van der Waals surface area contributed by atoms with Crippen molar-refractivity contribution in [3.63, 3.8) is 0 Å². The van der Waals surface area contributed by atoms with E-state index < -0.39 is 0 Å². The van der Waals surface area contributed by atoms with Crippen LogP contribution in [-0.2, 0) is 6.54 Å². The van der Waals surface area contributed by atoms with Gasteiger partial charge in [0.05, 0.1) is 17.4 Å². The first-order valence-electron chi connectivity index (χ1n) is 9.24. The molecule has 1 aliphatic carbocycles. The van der Waals surface area contributed by atoms with Gasteiger partial charge in [0.1, 0.15) is 5.82 Å². The number of hydrogen-bond donors (Lipinski definition) is 1. The molecule has 0 radical (unpaired) electrons. The number of aromatic nitrogens is 2. The average molecular weight is 326 g/mol. The maximum atomic E-state index is 12.2. The number of para-hydroxylation sites is 1. The zero-order chi connectivity index (χ0) is 16.4. The van der Waals surface area contributed by atoms with Crippen molar-refractivity contribution in [1.82, 2.24) is 19.8 Å². The maximum absolute atomic E-state index is 12.2. The van der Waals surface area contributed by atoms with E-state index in [1.165, 1.54) is 32.1 Å². The van der Waals surface area contributed by atoms with E-state index in [0.717, 1.165) is 50.1 Å². The van der Waals surface area contributed by atoms with Gasteiger partial charge >= 0.3 is 0 Å². The number of piperazine rings is 1. The van der Waals surface area contributed by atoms with Gasteiger partial charge in [0.15, 0.2) is 0 Å². The summed E-state index contributed by atoms with van der Waals surface area (Å²) >= 11 is 0. The molecule has 0 spiro atoms. The molecule has 1 aliphatic heterocycles. The minimum Gasteiger partial charge on any atom is -0.309 e. The summed E-state index contributed by atoms with van der Waals surface area (Å²) in [5.41, 5.74) is 0.758. The van der Waals surface area contributed by atoms with Crippen molar-refractivity contribution < 1.29 is 0 Å². The second-order valence-electron chi connectivity index (χ2n) is 7.13. The summed E-state index contributed by atoms with van der Waals surface area (Å²) in [6, 6.07) is 8.35. The molecule has 1 saturated heterocycles. The standard InChI is InChI=1S/C19H26N4O/c24-19-16-8-4-5-9-17(16)20-18(21-19)14-22-10-12-23(13-11-22)15-6-2-1-3-7-15/h4-5,8-9,15H,1-3,6-7,10-14H2,(H,20,21,24). The van der Waals surface area contributed by atoms with Crippen LogP contribution in [0, 0.1) is 0 Å². The summed E-state index contributed by atoms with van der Waals surface area (Å²) in [6.07, 6.45) is 6.96. The minimum absolute atomic E-state index is 0.0311. The lowest BCUT2D eigenvalue weighted by atomic mass is 9.94. The number of nitrogens with zero attached hydrogens (tertiary/aromatic N) is 3. The molecule has 2 aromatic rings. The maximum Gasteiger partial charge on any atom is 0.258 e. The van der Waals surface area contributed by atoms with Gasteiger partial charge < -0.3 is 4.98 Å². The highest BCUT2D eigenvalue weighted by Crippen LogP contribution is 2.23. The van der Waals surface area contributed by atoms with Gasteiger partial charge in [0, 0.05) is 32.2 Å². The van der Waals surface area contributed by atoms with Crippen LogP contribution in [0.3, 0.4) is 0 Å². The first-order valence-corrected chi connectivity index (χ1v) is 9.24. The number of aromatic amines is 1. The van der Waals surface area contributed by atoms with E-state index in [0.29, 0.717) is 5.39 Å². The molecule has 2 fully saturated rings. The Kier molecular flexibility index (Phi) is 4.63. The Balaban J connectivity index is 1.39. The number of hydrogen-bond acceptors (Lipinski definition) is 4. The van der Waals surface area contributed by atoms with Gasteiger partial charge in [-0.2, -0.15) is 0 Å². The molecule has 0 bridgehead atoms. The molecular weight excluding hydrogens is 300 g/mol. The molecule has 0 unspecified atom stereocenters. The Bertz CT molecular complexity index is 742. The minimum atomic E-state index is -0.0311. The Hall–Kier alpha value is -1.72. The van der Waals surface area contributed by atoms with Crippen molar-refractivity contribution in [3.8, 4) is 0 Å². The van der Waals surface area contributed by atoms with Gasteiger partial charge in [0.2, 0.25) is 0 Å². The molecule has 5 heteroatoms. The van der Waals surface area contributed by atoms with E-state index in [1.807, 2.05) is 24.3 Å². The molecular formula is C19H26N4O. The lowest BCUT2D eigenvalue weighted by Gasteiger charge is -2.40. The second kappa shape index (κ2) is 7.03. The fraction of sp³-hybridized carbons (Fsp3) is 0.579. The molecule has 1 saturated carbocycles. The summed E-state index contributed by atoms with van der Waals surface area (Å²) in [6.45, 7) is 5.14. The quantitative estimate of drug-likeness (QED) is 0.941. The van der Waals surface area contributed by atoms with Gasteiger partial charge in [-0.3, -0.25) is 14.6 Å². The van der Waals surface area contributed by atoms with Gasteiger partial charge in [0.25, 0.3) is 5.56 Å². The molecule has 1 N–H and O–H groups in total. The zero-order valence-corrected chi connectivity index (χ0v) is 14.2. The van der Waals surface area contributed by atoms with Gasteiger partial charge in [-0.05, 0) is 25.0 Å². The number of benzene rings is 1. The summed E-state index contributed by atoms with van der Waals surface area (Å²) in [4.78, 5) is 24.8. The van der Waals surface area contributed by atoms with E-state index in [2.05, 4.69) is 19.8 Å². The molecule has 0 amide bonds. The Morgan fingerprint density at radius 3 is 2.58 bits per heavy atom. The largest absolute Gasteiger partial charge is 0.309 e. The SMILES string of the molecule is O=c1[nH]c(CN2CCN(C3CCCCC3)CC2)nc2ccccc12. The van der Waals surface area contributed by atoms with Crippen molar-refractivity contribution in [2.45, 2.75) is 44.7 Å². The molecule has 1 aromatic heterocycles. The Morgan fingerprint density at radius 1 is 1.04 bits per heavy atom. The van der Waals surface area contributed by atoms with E-state index in [-0.39, 0.29) is 5.56 Å². The summed E-state index contributed by atoms with van der Waals surface area (Å²) in [5, 5.41) is 0.670. The Morgan fingerprint density at radius 2 is 1.79 bits per heavy atom. The molecule has 1 aromatic carbocycles. The number of nitrogens with one attached hydrogen (secondary N) is 1. The van der Waals surface area contributed by atoms with Gasteiger partial charge in [-0.1, -0.05) is 31.4 Å². The van der Waals surface area contributed by atoms with Gasteiger partial charge in [-0.15, -0.1) is 0 Å². The molecule has 128 valence electrons. The highest BCUT2D eigenvalue weighted by atomic mass is 16.1. The van der Waals surface area contributed by atoms with Crippen molar-refractivity contribution in [2.75, 3.05) is 26.2 Å². The van der Waals surface area contributed by atoms with Crippen LogP contribution in [0.5, 0.6) is 0 Å². The Labute approximate surface area is 142 Å². The third-order valence-electron chi connectivity index (χ3n) is 5.53. The normalized spacial score (nSPS) is 21.3. The topological polar surface area (TPSA) is 52.2 Å². The van der Waals surface area contributed by atoms with Crippen LogP contribution in [0.1, 0.15) is 37.9 Å². The summed E-state index contributed by atoms with van der Waals surface area (Å²) < 4.78 is 0. The van der Waals surface area contributed by atoms with Crippen LogP contribution in [0.2, 0.25) is 0 Å². The summed E-state index contributed by atoms with van der Waals surface area (Å²) in [5.74, 6) is 0.782. The zero-order valence-electron chi connectivity index (χ0n) is 14.2. The third-order valence-corrected chi connectivity index (χ3v) is 5.53. The van der Waals surface area contributed by atoms with E-state index in [1.54, 1.807) is 0 Å². The molecule has 2 heterocycles. The van der Waals surface area contributed by atoms with Crippen molar-refractivity contribution >= 4 is 10.9 Å². The van der Waals surface area contributed by atoms with Crippen molar-refractivity contribution in [2.24, 2.45) is 0 Å². The van der Waals surface area contributed by atoms with Crippen molar-refractivity contribution in [1.29, 1.82) is 0 Å². The average Bonchev–Trinajstić information content (AvgIpc) is 2.63. The van der Waals surface area contributed by atoms with Crippen LogP contribution >= 0.6 is 0 Å². The molecule has 0 atom stereocenters. The molecule has 2 aliphatic rings. The highest BCUT2D eigenvalue weighted by molar-refractivity contribution is 5.77. The fourth-order valence-electron chi connectivity index (χ4n) is 4.15. The lowest BCUT2D eigenvalue weighted by molar-refractivity contribution is 0.0743. The van der Waals surface area contributed by atoms with E-state index >= 15 is 0 Å². The second-order valence-corrected chi connectivity index (χ2v) is 7.13. The van der Waals surface area contributed by atoms with E-state index in [4.69, 9.17) is 0 Å². The summed E-state index contributed by atoms with van der Waals surface area (Å²) in [7, 11) is 0. The lowest BCUT2D eigenvalue weighted by Crippen LogP contribution is -2.50. The van der Waals surface area contributed by atoms with Crippen LogP contribution in [-0.4, -0.2) is 52.0 Å². The van der Waals surface area contributed by atoms with Gasteiger partial charge in [-0.25, -0.2) is 4.98 Å². The first-order chi connectivity index (χ1) is 11.8. The van der Waals surface area contributed by atoms with Crippen LogP contribution in [0.15, 0.2) is 29.1 Å². The predicted molar refractivity (Wildman–Crippen MR) is 96.1 cm³/mol. The smallest absolute Gasteiger partial charge is 0.258 e. The van der Waals surface area contributed by atoms with Crippen LogP contribution in [0.4, 0.5) is 0 Å². The van der Waals surface area contributed by atoms with E-state index in [9.17, 15) is 4.79 Å². The number of fused-ring (bicyclic) bond motifs is 1. The first kappa shape index (κ1) is 15.8.